The lowest BCUT2D eigenvalue weighted by molar-refractivity contribution is 0.102. The molecule has 2 heterocycles. The van der Waals surface area contributed by atoms with E-state index in [1.807, 2.05) is 54.6 Å². The molecule has 0 saturated heterocycles. The molecule has 4 rings (SSSR count). The minimum absolute atomic E-state index is 0.199. The smallest absolute Gasteiger partial charge is 0.272 e. The third-order valence-electron chi connectivity index (χ3n) is 3.66. The molecule has 0 saturated carbocycles. The zero-order chi connectivity index (χ0) is 16.5. The number of nitrogens with zero attached hydrogens (tertiary/aromatic N) is 4. The first-order chi connectivity index (χ1) is 11.7. The summed E-state index contributed by atoms with van der Waals surface area (Å²) in [5, 5.41) is 15.8. The van der Waals surface area contributed by atoms with Crippen molar-refractivity contribution in [3.63, 3.8) is 0 Å². The number of aromatic amines is 1. The van der Waals surface area contributed by atoms with E-state index in [0.29, 0.717) is 17.2 Å². The maximum Gasteiger partial charge on any atom is 0.272 e. The number of H-pyrrole nitrogens is 1. The van der Waals surface area contributed by atoms with Gasteiger partial charge in [0.25, 0.3) is 5.91 Å². The molecule has 0 aliphatic heterocycles. The van der Waals surface area contributed by atoms with Crippen LogP contribution in [-0.4, -0.2) is 31.1 Å². The lowest BCUT2D eigenvalue weighted by atomic mass is 10.2. The van der Waals surface area contributed by atoms with Gasteiger partial charge in [0.2, 0.25) is 5.82 Å². The van der Waals surface area contributed by atoms with Crippen molar-refractivity contribution >= 4 is 22.5 Å². The van der Waals surface area contributed by atoms with Gasteiger partial charge in [-0.15, -0.1) is 10.2 Å². The zero-order valence-corrected chi connectivity index (χ0v) is 12.9. The van der Waals surface area contributed by atoms with Gasteiger partial charge in [0, 0.05) is 22.2 Å². The number of hydrogen-bond acceptors (Lipinski definition) is 4. The van der Waals surface area contributed by atoms with Gasteiger partial charge in [0.05, 0.1) is 7.05 Å². The Labute approximate surface area is 137 Å². The summed E-state index contributed by atoms with van der Waals surface area (Å²) in [5.41, 5.74) is 2.90. The molecule has 2 aromatic heterocycles. The number of amides is 1. The molecule has 2 aromatic carbocycles. The van der Waals surface area contributed by atoms with Crippen LogP contribution in [0.2, 0.25) is 0 Å². The van der Waals surface area contributed by atoms with Gasteiger partial charge < -0.3 is 10.3 Å². The molecule has 0 radical (unpaired) electrons. The van der Waals surface area contributed by atoms with Gasteiger partial charge in [-0.1, -0.05) is 30.3 Å². The van der Waals surface area contributed by atoms with Crippen molar-refractivity contribution < 1.29 is 4.79 Å². The molecule has 0 spiro atoms. The topological polar surface area (TPSA) is 88.5 Å². The number of fused-ring (bicyclic) bond motifs is 1. The average Bonchev–Trinajstić information content (AvgIpc) is 3.21. The number of benzene rings is 2. The Morgan fingerprint density at radius 3 is 2.79 bits per heavy atom. The molecule has 4 aromatic rings. The summed E-state index contributed by atoms with van der Waals surface area (Å²) < 4.78 is 0. The second-order valence-corrected chi connectivity index (χ2v) is 5.41. The van der Waals surface area contributed by atoms with Crippen LogP contribution in [0.1, 0.15) is 10.5 Å². The van der Waals surface area contributed by atoms with E-state index in [9.17, 15) is 4.79 Å². The summed E-state index contributed by atoms with van der Waals surface area (Å²) in [6.45, 7) is 0. The first-order valence-electron chi connectivity index (χ1n) is 7.42. The van der Waals surface area contributed by atoms with Gasteiger partial charge in [-0.3, -0.25) is 4.79 Å². The van der Waals surface area contributed by atoms with Crippen molar-refractivity contribution in [1.29, 1.82) is 0 Å². The highest BCUT2D eigenvalue weighted by Gasteiger charge is 2.11. The predicted octanol–water partition coefficient (Wildman–Crippen LogP) is 2.61. The second-order valence-electron chi connectivity index (χ2n) is 5.41. The van der Waals surface area contributed by atoms with E-state index >= 15 is 0 Å². The van der Waals surface area contributed by atoms with E-state index in [1.54, 1.807) is 7.05 Å². The Morgan fingerprint density at radius 1 is 1.12 bits per heavy atom. The number of nitrogens with one attached hydrogen (secondary N) is 2. The van der Waals surface area contributed by atoms with Crippen LogP contribution in [0.15, 0.2) is 54.6 Å². The Balaban J connectivity index is 1.59. The van der Waals surface area contributed by atoms with Crippen molar-refractivity contribution in [2.45, 2.75) is 0 Å². The summed E-state index contributed by atoms with van der Waals surface area (Å²) in [6.07, 6.45) is 0. The molecular weight excluding hydrogens is 304 g/mol. The summed E-state index contributed by atoms with van der Waals surface area (Å²) in [6, 6.07) is 16.9. The fourth-order valence-electron chi connectivity index (χ4n) is 2.53. The largest absolute Gasteiger partial charge is 0.351 e. The van der Waals surface area contributed by atoms with Crippen LogP contribution in [0.4, 0.5) is 5.69 Å². The molecular formula is C17H14N6O. The number of rotatable bonds is 3. The van der Waals surface area contributed by atoms with E-state index in [-0.39, 0.29) is 5.91 Å². The first-order valence-corrected chi connectivity index (χ1v) is 7.42. The molecule has 1 amide bonds. The molecule has 118 valence electrons. The third kappa shape index (κ3) is 2.63. The van der Waals surface area contributed by atoms with E-state index in [4.69, 9.17) is 0 Å². The van der Waals surface area contributed by atoms with Crippen molar-refractivity contribution in [2.75, 3.05) is 5.32 Å². The summed E-state index contributed by atoms with van der Waals surface area (Å²) in [5.74, 6) is 0.315. The Morgan fingerprint density at radius 2 is 2.00 bits per heavy atom. The van der Waals surface area contributed by atoms with Gasteiger partial charge in [-0.2, -0.15) is 4.80 Å². The first kappa shape index (κ1) is 14.1. The normalized spacial score (nSPS) is 10.9. The molecule has 24 heavy (non-hydrogen) atoms. The molecule has 0 atom stereocenters. The quantitative estimate of drug-likeness (QED) is 0.608. The van der Waals surface area contributed by atoms with Crippen molar-refractivity contribution in [2.24, 2.45) is 7.05 Å². The highest BCUT2D eigenvalue weighted by molar-refractivity contribution is 6.06. The van der Waals surface area contributed by atoms with Crippen LogP contribution in [-0.2, 0) is 7.05 Å². The number of anilines is 1. The second kappa shape index (κ2) is 5.62. The van der Waals surface area contributed by atoms with Crippen LogP contribution in [0, 0.1) is 0 Å². The lowest BCUT2D eigenvalue weighted by Crippen LogP contribution is -2.12. The van der Waals surface area contributed by atoms with Crippen molar-refractivity contribution in [3.8, 4) is 11.4 Å². The van der Waals surface area contributed by atoms with Crippen LogP contribution in [0.5, 0.6) is 0 Å². The number of aryl methyl sites for hydroxylation is 1. The molecule has 0 unspecified atom stereocenters. The Hall–Kier alpha value is -3.48. The standard InChI is InChI=1S/C17H14N6O/c1-23-21-16(20-22-23)12-6-4-7-13(9-12)18-17(24)15-10-11-5-2-3-8-14(11)19-15/h2-10,19H,1H3,(H,18,24). The van der Waals surface area contributed by atoms with E-state index in [0.717, 1.165) is 16.5 Å². The van der Waals surface area contributed by atoms with Gasteiger partial charge in [0.1, 0.15) is 5.69 Å². The summed E-state index contributed by atoms with van der Waals surface area (Å²) in [7, 11) is 1.71. The fraction of sp³-hybridized carbons (Fsp3) is 0.0588. The van der Waals surface area contributed by atoms with Gasteiger partial charge >= 0.3 is 0 Å². The summed E-state index contributed by atoms with van der Waals surface area (Å²) >= 11 is 0. The van der Waals surface area contributed by atoms with Crippen LogP contribution in [0.25, 0.3) is 22.3 Å². The molecule has 0 bridgehead atoms. The minimum atomic E-state index is -0.199. The molecule has 0 fully saturated rings. The SMILES string of the molecule is Cn1nnc(-c2cccc(NC(=O)c3cc4ccccc4[nH]3)c2)n1. The molecule has 7 heteroatoms. The molecule has 2 N–H and O–H groups in total. The van der Waals surface area contributed by atoms with E-state index in [1.165, 1.54) is 4.80 Å². The number of carbonyl (C=O) groups excluding carboxylic acids is 1. The fourth-order valence-corrected chi connectivity index (χ4v) is 2.53. The number of carbonyl (C=O) groups is 1. The van der Waals surface area contributed by atoms with Crippen LogP contribution < -0.4 is 5.32 Å². The van der Waals surface area contributed by atoms with Gasteiger partial charge in [0.15, 0.2) is 0 Å². The van der Waals surface area contributed by atoms with Gasteiger partial charge in [-0.05, 0) is 29.5 Å². The highest BCUT2D eigenvalue weighted by Crippen LogP contribution is 2.20. The number of aromatic nitrogens is 5. The maximum absolute atomic E-state index is 12.4. The molecule has 7 nitrogen and oxygen atoms in total. The van der Waals surface area contributed by atoms with Crippen molar-refractivity contribution in [1.82, 2.24) is 25.2 Å². The lowest BCUT2D eigenvalue weighted by Gasteiger charge is -2.04. The third-order valence-corrected chi connectivity index (χ3v) is 3.66. The molecule has 0 aliphatic rings. The zero-order valence-electron chi connectivity index (χ0n) is 12.9. The van der Waals surface area contributed by atoms with Crippen LogP contribution in [0.3, 0.4) is 0 Å². The average molecular weight is 318 g/mol. The monoisotopic (exact) mass is 318 g/mol. The number of hydrogen-bond donors (Lipinski definition) is 2. The van der Waals surface area contributed by atoms with Crippen molar-refractivity contribution in [3.05, 3.63) is 60.3 Å². The number of para-hydroxylation sites is 1. The van der Waals surface area contributed by atoms with Crippen LogP contribution >= 0.6 is 0 Å². The maximum atomic E-state index is 12.4. The Kier molecular flexibility index (Phi) is 3.31. The summed E-state index contributed by atoms with van der Waals surface area (Å²) in [4.78, 5) is 17.0. The molecule has 0 aliphatic carbocycles. The predicted molar refractivity (Wildman–Crippen MR) is 90.5 cm³/mol. The van der Waals surface area contributed by atoms with E-state index in [2.05, 4.69) is 25.7 Å². The Bertz CT molecular complexity index is 999. The minimum Gasteiger partial charge on any atom is -0.351 e. The van der Waals surface area contributed by atoms with E-state index < -0.39 is 0 Å². The number of tetrazole rings is 1. The van der Waals surface area contributed by atoms with Gasteiger partial charge in [-0.25, -0.2) is 0 Å². The highest BCUT2D eigenvalue weighted by atomic mass is 16.1.